The van der Waals surface area contributed by atoms with Crippen molar-refractivity contribution in [2.24, 2.45) is 0 Å². The topological polar surface area (TPSA) is 120 Å². The fraction of sp³-hybridized carbons (Fsp3) is 0.0435. The van der Waals surface area contributed by atoms with Gasteiger partial charge in [0.1, 0.15) is 0 Å². The summed E-state index contributed by atoms with van der Waals surface area (Å²) >= 11 is 0. The van der Waals surface area contributed by atoms with Gasteiger partial charge in [0.25, 0.3) is 11.6 Å². The highest BCUT2D eigenvalue weighted by Crippen LogP contribution is 2.20. The molecule has 0 radical (unpaired) electrons. The molecule has 3 aromatic carbocycles. The van der Waals surface area contributed by atoms with Crippen LogP contribution >= 0.6 is 0 Å². The second-order valence-electron chi connectivity index (χ2n) is 6.94. The van der Waals surface area contributed by atoms with E-state index in [1.807, 2.05) is 6.07 Å². The lowest BCUT2D eigenvalue weighted by Gasteiger charge is -2.07. The van der Waals surface area contributed by atoms with E-state index in [0.29, 0.717) is 28.2 Å². The first-order chi connectivity index (χ1) is 15.4. The van der Waals surface area contributed by atoms with Gasteiger partial charge >= 0.3 is 0 Å². The first-order valence-electron chi connectivity index (χ1n) is 9.62. The lowest BCUT2D eigenvalue weighted by Crippen LogP contribution is -2.14. The Labute approximate surface area is 182 Å². The van der Waals surface area contributed by atoms with E-state index in [0.717, 1.165) is 0 Å². The van der Waals surface area contributed by atoms with Crippen LogP contribution in [-0.4, -0.2) is 31.6 Å². The number of ketones is 1. The number of carbonyl (C=O) groups is 2. The van der Waals surface area contributed by atoms with Gasteiger partial charge in [-0.1, -0.05) is 53.7 Å². The van der Waals surface area contributed by atoms with Gasteiger partial charge in [0, 0.05) is 28.9 Å². The highest BCUT2D eigenvalue weighted by Gasteiger charge is 2.19. The smallest absolute Gasteiger partial charge is 0.278 e. The van der Waals surface area contributed by atoms with Gasteiger partial charge in [-0.25, -0.2) is 4.68 Å². The zero-order chi connectivity index (χ0) is 22.7. The summed E-state index contributed by atoms with van der Waals surface area (Å²) in [5.74, 6) is -0.669. The van der Waals surface area contributed by atoms with Crippen molar-refractivity contribution in [1.29, 1.82) is 0 Å². The maximum Gasteiger partial charge on any atom is 0.278 e. The predicted octanol–water partition coefficient (Wildman–Crippen LogP) is 3.97. The number of rotatable bonds is 6. The van der Waals surface area contributed by atoms with Gasteiger partial charge in [-0.05, 0) is 25.1 Å². The van der Waals surface area contributed by atoms with Gasteiger partial charge in [0.15, 0.2) is 11.5 Å². The molecule has 158 valence electrons. The van der Waals surface area contributed by atoms with Crippen molar-refractivity contribution in [1.82, 2.24) is 15.0 Å². The van der Waals surface area contributed by atoms with Crippen molar-refractivity contribution in [3.8, 4) is 5.69 Å². The van der Waals surface area contributed by atoms with Crippen LogP contribution in [0.1, 0.15) is 32.1 Å². The van der Waals surface area contributed by atoms with Crippen LogP contribution in [0.4, 0.5) is 11.4 Å². The molecule has 9 nitrogen and oxygen atoms in total. The van der Waals surface area contributed by atoms with Crippen molar-refractivity contribution in [3.63, 3.8) is 0 Å². The molecular weight excluding hydrogens is 410 g/mol. The fourth-order valence-corrected chi connectivity index (χ4v) is 3.21. The maximum atomic E-state index is 12.8. The molecule has 0 fully saturated rings. The van der Waals surface area contributed by atoms with Crippen LogP contribution in [0.25, 0.3) is 5.69 Å². The van der Waals surface area contributed by atoms with E-state index in [-0.39, 0.29) is 17.2 Å². The van der Waals surface area contributed by atoms with E-state index in [1.165, 1.54) is 22.9 Å². The molecule has 0 aliphatic heterocycles. The van der Waals surface area contributed by atoms with Crippen LogP contribution in [0, 0.1) is 17.0 Å². The van der Waals surface area contributed by atoms with E-state index in [2.05, 4.69) is 15.6 Å². The van der Waals surface area contributed by atoms with Crippen molar-refractivity contribution in [2.75, 3.05) is 5.32 Å². The molecule has 1 amide bonds. The Morgan fingerprint density at radius 1 is 0.938 bits per heavy atom. The minimum Gasteiger partial charge on any atom is -0.321 e. The molecular formula is C23H17N5O4. The summed E-state index contributed by atoms with van der Waals surface area (Å²) in [6, 6.07) is 21.3. The molecule has 0 aliphatic carbocycles. The molecule has 1 heterocycles. The number of carbonyl (C=O) groups excluding carboxylic acids is 2. The SMILES string of the molecule is Cc1c(C(=O)Nc2cccc(C(=O)c3ccccc3)c2)nnn1-c1cccc([N+](=O)[O-])c1. The van der Waals surface area contributed by atoms with E-state index >= 15 is 0 Å². The monoisotopic (exact) mass is 427 g/mol. The molecule has 0 aliphatic rings. The van der Waals surface area contributed by atoms with E-state index in [1.54, 1.807) is 61.5 Å². The lowest BCUT2D eigenvalue weighted by molar-refractivity contribution is -0.384. The maximum absolute atomic E-state index is 12.8. The molecule has 0 saturated carbocycles. The molecule has 32 heavy (non-hydrogen) atoms. The number of anilines is 1. The number of aromatic nitrogens is 3. The second kappa shape index (κ2) is 8.60. The highest BCUT2D eigenvalue weighted by atomic mass is 16.6. The third-order valence-electron chi connectivity index (χ3n) is 4.81. The average Bonchev–Trinajstić information content (AvgIpc) is 3.21. The summed E-state index contributed by atoms with van der Waals surface area (Å²) < 4.78 is 1.36. The number of benzene rings is 3. The normalized spacial score (nSPS) is 10.5. The number of amides is 1. The number of nitro groups is 1. The van der Waals surface area contributed by atoms with Crippen LogP contribution in [0.5, 0.6) is 0 Å². The second-order valence-corrected chi connectivity index (χ2v) is 6.94. The third kappa shape index (κ3) is 4.12. The average molecular weight is 427 g/mol. The Balaban J connectivity index is 1.56. The molecule has 0 saturated heterocycles. The number of nitrogens with zero attached hydrogens (tertiary/aromatic N) is 4. The zero-order valence-electron chi connectivity index (χ0n) is 16.9. The summed E-state index contributed by atoms with van der Waals surface area (Å²) in [6.07, 6.45) is 0. The third-order valence-corrected chi connectivity index (χ3v) is 4.81. The molecule has 9 heteroatoms. The highest BCUT2D eigenvalue weighted by molar-refractivity contribution is 6.10. The number of hydrogen-bond acceptors (Lipinski definition) is 6. The first-order valence-corrected chi connectivity index (χ1v) is 9.62. The quantitative estimate of drug-likeness (QED) is 0.282. The summed E-state index contributed by atoms with van der Waals surface area (Å²) in [4.78, 5) is 36.0. The minimum atomic E-state index is -0.511. The molecule has 0 atom stereocenters. The van der Waals surface area contributed by atoms with Gasteiger partial charge in [0.05, 0.1) is 16.3 Å². The van der Waals surface area contributed by atoms with Gasteiger partial charge in [-0.15, -0.1) is 5.10 Å². The van der Waals surface area contributed by atoms with Crippen LogP contribution < -0.4 is 5.32 Å². The molecule has 4 aromatic rings. The zero-order valence-corrected chi connectivity index (χ0v) is 16.9. The fourth-order valence-electron chi connectivity index (χ4n) is 3.21. The van der Waals surface area contributed by atoms with Gasteiger partial charge in [0.2, 0.25) is 0 Å². The van der Waals surface area contributed by atoms with Crippen molar-refractivity contribution in [2.45, 2.75) is 6.92 Å². The Morgan fingerprint density at radius 2 is 1.66 bits per heavy atom. The number of nitro benzene ring substituents is 1. The molecule has 0 unspecified atom stereocenters. The Morgan fingerprint density at radius 3 is 2.41 bits per heavy atom. The van der Waals surface area contributed by atoms with Crippen LogP contribution in [0.3, 0.4) is 0 Å². The van der Waals surface area contributed by atoms with Crippen LogP contribution in [0.15, 0.2) is 78.9 Å². The molecule has 0 spiro atoms. The van der Waals surface area contributed by atoms with E-state index in [9.17, 15) is 19.7 Å². The van der Waals surface area contributed by atoms with Crippen LogP contribution in [0.2, 0.25) is 0 Å². The number of hydrogen-bond donors (Lipinski definition) is 1. The predicted molar refractivity (Wildman–Crippen MR) is 117 cm³/mol. The van der Waals surface area contributed by atoms with Gasteiger partial charge in [-0.2, -0.15) is 0 Å². The Bertz CT molecular complexity index is 1330. The van der Waals surface area contributed by atoms with Crippen molar-refractivity contribution in [3.05, 3.63) is 111 Å². The molecule has 1 N–H and O–H groups in total. The Hall–Kier alpha value is -4.66. The summed E-state index contributed by atoms with van der Waals surface area (Å²) in [7, 11) is 0. The van der Waals surface area contributed by atoms with Gasteiger partial charge in [-0.3, -0.25) is 19.7 Å². The van der Waals surface area contributed by atoms with E-state index < -0.39 is 10.8 Å². The minimum absolute atomic E-state index is 0.0660. The standard InChI is InChI=1S/C23H17N5O4/c1-15-21(25-26-27(15)19-11-6-12-20(14-19)28(31)32)23(30)24-18-10-5-9-17(13-18)22(29)16-7-3-2-4-8-16/h2-14H,1H3,(H,24,30). The van der Waals surface area contributed by atoms with Crippen molar-refractivity contribution < 1.29 is 14.5 Å². The first kappa shape index (κ1) is 20.6. The number of nitrogens with one attached hydrogen (secondary N) is 1. The van der Waals surface area contributed by atoms with E-state index in [4.69, 9.17) is 0 Å². The lowest BCUT2D eigenvalue weighted by atomic mass is 10.0. The molecule has 0 bridgehead atoms. The molecule has 4 rings (SSSR count). The summed E-state index contributed by atoms with van der Waals surface area (Å²) in [5, 5.41) is 21.6. The summed E-state index contributed by atoms with van der Waals surface area (Å²) in [6.45, 7) is 1.64. The Kier molecular flexibility index (Phi) is 5.54. The summed E-state index contributed by atoms with van der Waals surface area (Å²) in [5.41, 5.74) is 2.22. The number of non-ortho nitro benzene ring substituents is 1. The van der Waals surface area contributed by atoms with Crippen molar-refractivity contribution >= 4 is 23.1 Å². The van der Waals surface area contributed by atoms with Crippen LogP contribution in [-0.2, 0) is 0 Å². The molecule has 1 aromatic heterocycles. The largest absolute Gasteiger partial charge is 0.321 e. The van der Waals surface area contributed by atoms with Gasteiger partial charge < -0.3 is 5.32 Å².